The highest BCUT2D eigenvalue weighted by atomic mass is 35.5. The molecule has 2 aromatic carbocycles. The highest BCUT2D eigenvalue weighted by Gasteiger charge is 2.50. The Bertz CT molecular complexity index is 1130. The number of anilines is 1. The molecule has 2 saturated heterocycles. The zero-order chi connectivity index (χ0) is 22.2. The Balaban J connectivity index is 1.75. The molecular formula is C23H25ClN2O3S2. The molecule has 2 aliphatic rings. The first kappa shape index (κ1) is 22.4. The maximum atomic E-state index is 12.8. The van der Waals surface area contributed by atoms with Crippen LogP contribution in [0.3, 0.4) is 0 Å². The number of sulfone groups is 1. The molecule has 0 aromatic heterocycles. The van der Waals surface area contributed by atoms with E-state index in [1.54, 1.807) is 6.07 Å². The van der Waals surface area contributed by atoms with Crippen LogP contribution in [0.4, 0.5) is 5.69 Å². The van der Waals surface area contributed by atoms with E-state index in [1.807, 2.05) is 29.2 Å². The van der Waals surface area contributed by atoms with Crippen molar-refractivity contribution in [3.05, 3.63) is 64.2 Å². The molecule has 8 heteroatoms. The summed E-state index contributed by atoms with van der Waals surface area (Å²) >= 11 is 7.63. The number of carbonyl (C=O) groups is 1. The van der Waals surface area contributed by atoms with Gasteiger partial charge in [-0.1, -0.05) is 73.6 Å². The molecule has 164 valence electrons. The first-order chi connectivity index (χ1) is 14.8. The second-order valence-corrected chi connectivity index (χ2v) is 11.6. The van der Waals surface area contributed by atoms with E-state index in [0.29, 0.717) is 10.2 Å². The van der Waals surface area contributed by atoms with Crippen molar-refractivity contribution >= 4 is 50.0 Å². The number of halogens is 1. The van der Waals surface area contributed by atoms with E-state index in [4.69, 9.17) is 11.6 Å². The molecule has 2 aliphatic heterocycles. The number of fused-ring (bicyclic) bond motifs is 1. The van der Waals surface area contributed by atoms with E-state index in [9.17, 15) is 13.2 Å². The van der Waals surface area contributed by atoms with Crippen LogP contribution in [0.1, 0.15) is 30.5 Å². The summed E-state index contributed by atoms with van der Waals surface area (Å²) in [6, 6.07) is 13.2. The summed E-state index contributed by atoms with van der Waals surface area (Å²) in [6.45, 7) is 4.17. The lowest BCUT2D eigenvalue weighted by Gasteiger charge is -2.29. The summed E-state index contributed by atoms with van der Waals surface area (Å²) in [5.74, 6) is -0.0777. The Morgan fingerprint density at radius 3 is 2.35 bits per heavy atom. The topological polar surface area (TPSA) is 66.8 Å². The number of para-hydroxylation sites is 1. The molecule has 0 bridgehead atoms. The SMILES string of the molecule is CCc1cccc(CC)c1N1C(=NC(=O)Cc2ccccc2Cl)S[C@@H]2CS(=O)(=O)C[C@H]21. The molecule has 31 heavy (non-hydrogen) atoms. The van der Waals surface area contributed by atoms with Crippen molar-refractivity contribution in [1.29, 1.82) is 0 Å². The van der Waals surface area contributed by atoms with E-state index in [1.165, 1.54) is 11.8 Å². The summed E-state index contributed by atoms with van der Waals surface area (Å²) in [5.41, 5.74) is 4.01. The van der Waals surface area contributed by atoms with Gasteiger partial charge in [-0.25, -0.2) is 8.42 Å². The van der Waals surface area contributed by atoms with Gasteiger partial charge in [0, 0.05) is 16.0 Å². The van der Waals surface area contributed by atoms with E-state index in [-0.39, 0.29) is 35.1 Å². The first-order valence-corrected chi connectivity index (χ1v) is 13.5. The third-order valence-electron chi connectivity index (χ3n) is 5.79. The maximum Gasteiger partial charge on any atom is 0.252 e. The lowest BCUT2D eigenvalue weighted by Crippen LogP contribution is -2.39. The van der Waals surface area contributed by atoms with Crippen molar-refractivity contribution < 1.29 is 13.2 Å². The molecule has 0 saturated carbocycles. The van der Waals surface area contributed by atoms with Crippen LogP contribution in [-0.2, 0) is 33.9 Å². The van der Waals surface area contributed by atoms with Crippen LogP contribution in [0.5, 0.6) is 0 Å². The van der Waals surface area contributed by atoms with Gasteiger partial charge in [0.2, 0.25) is 0 Å². The van der Waals surface area contributed by atoms with Gasteiger partial charge in [-0.15, -0.1) is 0 Å². The minimum Gasteiger partial charge on any atom is -0.315 e. The smallest absolute Gasteiger partial charge is 0.252 e. The van der Waals surface area contributed by atoms with Crippen LogP contribution in [0, 0.1) is 0 Å². The molecule has 0 N–H and O–H groups in total. The first-order valence-electron chi connectivity index (χ1n) is 10.4. The summed E-state index contributed by atoms with van der Waals surface area (Å²) in [4.78, 5) is 19.3. The Kier molecular flexibility index (Phi) is 6.47. The normalized spacial score (nSPS) is 23.3. The molecule has 0 radical (unpaired) electrons. The fraction of sp³-hybridized carbons (Fsp3) is 0.391. The third kappa shape index (κ3) is 4.54. The van der Waals surface area contributed by atoms with Gasteiger partial charge < -0.3 is 4.90 Å². The average Bonchev–Trinajstić information content (AvgIpc) is 3.19. The van der Waals surface area contributed by atoms with Gasteiger partial charge >= 0.3 is 0 Å². The van der Waals surface area contributed by atoms with E-state index in [0.717, 1.165) is 35.2 Å². The maximum absolute atomic E-state index is 12.8. The molecule has 0 aliphatic carbocycles. The molecule has 2 aromatic rings. The fourth-order valence-corrected chi connectivity index (χ4v) is 8.42. The monoisotopic (exact) mass is 476 g/mol. The average molecular weight is 477 g/mol. The quantitative estimate of drug-likeness (QED) is 0.643. The predicted octanol–water partition coefficient (Wildman–Crippen LogP) is 4.31. The molecule has 1 amide bonds. The van der Waals surface area contributed by atoms with Gasteiger partial charge in [-0.2, -0.15) is 4.99 Å². The van der Waals surface area contributed by atoms with Crippen molar-refractivity contribution in [1.82, 2.24) is 0 Å². The molecule has 4 rings (SSSR count). The molecule has 0 spiro atoms. The molecule has 5 nitrogen and oxygen atoms in total. The summed E-state index contributed by atoms with van der Waals surface area (Å²) in [5, 5.41) is 1.02. The van der Waals surface area contributed by atoms with Crippen LogP contribution >= 0.6 is 23.4 Å². The van der Waals surface area contributed by atoms with Gasteiger partial charge in [-0.3, -0.25) is 4.79 Å². The van der Waals surface area contributed by atoms with Gasteiger partial charge in [0.1, 0.15) is 0 Å². The van der Waals surface area contributed by atoms with Crippen LogP contribution < -0.4 is 4.90 Å². The number of benzene rings is 2. The highest BCUT2D eigenvalue weighted by molar-refractivity contribution is 8.16. The Labute approximate surface area is 192 Å². The largest absolute Gasteiger partial charge is 0.315 e. The lowest BCUT2D eigenvalue weighted by atomic mass is 10.0. The summed E-state index contributed by atoms with van der Waals surface area (Å²) in [7, 11) is -3.11. The Morgan fingerprint density at radius 2 is 1.71 bits per heavy atom. The van der Waals surface area contributed by atoms with Crippen molar-refractivity contribution in [3.8, 4) is 0 Å². The standard InChI is InChI=1S/C23H25ClN2O3S2/c1-3-15-9-7-10-16(4-2)22(15)26-19-13-31(28,29)14-20(19)30-23(26)25-21(27)12-17-8-5-6-11-18(17)24/h5-11,19-20H,3-4,12-14H2,1-2H3/t19-,20-/m1/s1. The number of aliphatic imine (C=N–C) groups is 1. The van der Waals surface area contributed by atoms with E-state index >= 15 is 0 Å². The van der Waals surface area contributed by atoms with Crippen molar-refractivity contribution in [2.75, 3.05) is 16.4 Å². The van der Waals surface area contributed by atoms with Crippen LogP contribution in [0.25, 0.3) is 0 Å². The molecule has 2 heterocycles. The minimum absolute atomic E-state index is 0.0869. The van der Waals surface area contributed by atoms with Gasteiger partial charge in [-0.05, 0) is 35.6 Å². The third-order valence-corrected chi connectivity index (χ3v) is 9.37. The number of nitrogens with zero attached hydrogens (tertiary/aromatic N) is 2. The summed E-state index contributed by atoms with van der Waals surface area (Å²) in [6.07, 6.45) is 1.74. The minimum atomic E-state index is -3.11. The molecular weight excluding hydrogens is 452 g/mol. The van der Waals surface area contributed by atoms with Gasteiger partial charge in [0.05, 0.1) is 24.0 Å². The number of aryl methyl sites for hydroxylation is 2. The number of amidine groups is 1. The van der Waals surface area contributed by atoms with Crippen molar-refractivity contribution in [2.45, 2.75) is 44.4 Å². The lowest BCUT2D eigenvalue weighted by molar-refractivity contribution is -0.117. The highest BCUT2D eigenvalue weighted by Crippen LogP contribution is 2.43. The van der Waals surface area contributed by atoms with Gasteiger partial charge in [0.25, 0.3) is 5.91 Å². The fourth-order valence-electron chi connectivity index (χ4n) is 4.30. The summed E-state index contributed by atoms with van der Waals surface area (Å²) < 4.78 is 24.8. The van der Waals surface area contributed by atoms with Crippen LogP contribution in [0.2, 0.25) is 5.02 Å². The molecule has 2 fully saturated rings. The zero-order valence-corrected chi connectivity index (χ0v) is 19.9. The van der Waals surface area contributed by atoms with Crippen molar-refractivity contribution in [3.63, 3.8) is 0 Å². The Hall–Kier alpha value is -1.83. The zero-order valence-electron chi connectivity index (χ0n) is 17.5. The number of hydrogen-bond acceptors (Lipinski definition) is 4. The number of hydrogen-bond donors (Lipinski definition) is 0. The van der Waals surface area contributed by atoms with E-state index < -0.39 is 9.84 Å². The number of carbonyl (C=O) groups excluding carboxylic acids is 1. The Morgan fingerprint density at radius 1 is 1.06 bits per heavy atom. The van der Waals surface area contributed by atoms with Crippen LogP contribution in [-0.4, -0.2) is 42.3 Å². The number of thioether (sulfide) groups is 1. The van der Waals surface area contributed by atoms with Gasteiger partial charge in [0.15, 0.2) is 15.0 Å². The van der Waals surface area contributed by atoms with Crippen LogP contribution in [0.15, 0.2) is 47.5 Å². The number of amides is 1. The molecule has 0 unspecified atom stereocenters. The van der Waals surface area contributed by atoms with Crippen molar-refractivity contribution in [2.24, 2.45) is 4.99 Å². The van der Waals surface area contributed by atoms with E-state index in [2.05, 4.69) is 31.0 Å². The predicted molar refractivity (Wildman–Crippen MR) is 129 cm³/mol. The second-order valence-electron chi connectivity index (χ2n) is 7.86. The number of rotatable bonds is 5. The molecule has 2 atom stereocenters. The second kappa shape index (κ2) is 8.96.